The average molecular weight is 560 g/mol. The average Bonchev–Trinajstić information content (AvgIpc) is 2.87. The third-order valence-corrected chi connectivity index (χ3v) is 8.70. The van der Waals surface area contributed by atoms with Gasteiger partial charge < -0.3 is 9.64 Å². The van der Waals surface area contributed by atoms with Crippen molar-refractivity contribution in [1.29, 1.82) is 0 Å². The maximum atomic E-state index is 13.1. The van der Waals surface area contributed by atoms with Crippen molar-refractivity contribution in [3.05, 3.63) is 65.5 Å². The molecule has 2 N–H and O–H groups in total. The van der Waals surface area contributed by atoms with Crippen molar-refractivity contribution >= 4 is 37.6 Å². The lowest BCUT2D eigenvalue weighted by Gasteiger charge is -2.27. The fourth-order valence-electron chi connectivity index (χ4n) is 4.16. The number of amides is 1. The SMILES string of the molecule is COc1ccc(S(=O)(=O)Nc2ccc(S(=O)(=O)Nc3nc(C)cc(C)n3)cc2)cc1C(=O)N1CCCCC1. The van der Waals surface area contributed by atoms with E-state index in [1.54, 1.807) is 24.8 Å². The number of benzene rings is 2. The Morgan fingerprint density at radius 1 is 0.816 bits per heavy atom. The number of methoxy groups -OCH3 is 1. The summed E-state index contributed by atoms with van der Waals surface area (Å²) in [5.41, 5.74) is 1.53. The van der Waals surface area contributed by atoms with Gasteiger partial charge in [-0.05, 0) is 81.6 Å². The topological polar surface area (TPSA) is 148 Å². The number of likely N-dealkylation sites (tertiary alicyclic amines) is 1. The molecule has 1 aliphatic heterocycles. The molecule has 0 unspecified atom stereocenters. The van der Waals surface area contributed by atoms with Gasteiger partial charge in [0.1, 0.15) is 5.75 Å². The number of piperidine rings is 1. The number of aromatic nitrogens is 2. The van der Waals surface area contributed by atoms with Crippen LogP contribution in [0.4, 0.5) is 11.6 Å². The summed E-state index contributed by atoms with van der Waals surface area (Å²) in [5, 5.41) is 0. The highest BCUT2D eigenvalue weighted by Crippen LogP contribution is 2.27. The van der Waals surface area contributed by atoms with Crippen LogP contribution in [0, 0.1) is 13.8 Å². The fourth-order valence-corrected chi connectivity index (χ4v) is 6.18. The molecule has 1 saturated heterocycles. The summed E-state index contributed by atoms with van der Waals surface area (Å²) >= 11 is 0. The van der Waals surface area contributed by atoms with E-state index >= 15 is 0 Å². The van der Waals surface area contributed by atoms with Gasteiger partial charge in [-0.3, -0.25) is 9.52 Å². The number of nitrogens with one attached hydrogen (secondary N) is 2. The molecule has 13 heteroatoms. The van der Waals surface area contributed by atoms with E-state index in [9.17, 15) is 21.6 Å². The van der Waals surface area contributed by atoms with E-state index in [0.29, 0.717) is 24.5 Å². The summed E-state index contributed by atoms with van der Waals surface area (Å²) in [4.78, 5) is 22.7. The van der Waals surface area contributed by atoms with E-state index in [1.807, 2.05) is 0 Å². The van der Waals surface area contributed by atoms with Gasteiger partial charge in [0.05, 0.1) is 22.5 Å². The number of hydrogen-bond acceptors (Lipinski definition) is 8. The maximum absolute atomic E-state index is 13.1. The largest absolute Gasteiger partial charge is 0.496 e. The van der Waals surface area contributed by atoms with Crippen molar-refractivity contribution in [3.63, 3.8) is 0 Å². The van der Waals surface area contributed by atoms with Gasteiger partial charge >= 0.3 is 0 Å². The van der Waals surface area contributed by atoms with Gasteiger partial charge in [-0.15, -0.1) is 0 Å². The van der Waals surface area contributed by atoms with Crippen LogP contribution in [0.1, 0.15) is 41.0 Å². The van der Waals surface area contributed by atoms with Crippen LogP contribution in [0.15, 0.2) is 58.3 Å². The highest BCUT2D eigenvalue weighted by atomic mass is 32.2. The first-order valence-electron chi connectivity index (χ1n) is 11.9. The summed E-state index contributed by atoms with van der Waals surface area (Å²) in [5.74, 6) is -0.0514. The van der Waals surface area contributed by atoms with Gasteiger partial charge in [0.2, 0.25) is 5.95 Å². The molecule has 3 aromatic rings. The Morgan fingerprint density at radius 2 is 1.39 bits per heavy atom. The zero-order valence-corrected chi connectivity index (χ0v) is 22.9. The van der Waals surface area contributed by atoms with Crippen molar-refractivity contribution in [3.8, 4) is 5.75 Å². The first kappa shape index (κ1) is 27.3. The molecule has 0 atom stereocenters. The zero-order valence-electron chi connectivity index (χ0n) is 21.3. The zero-order chi connectivity index (χ0) is 27.5. The Labute approximate surface area is 222 Å². The fraction of sp³-hybridized carbons (Fsp3) is 0.320. The van der Waals surface area contributed by atoms with E-state index in [-0.39, 0.29) is 38.6 Å². The number of nitrogens with zero attached hydrogens (tertiary/aromatic N) is 3. The number of aryl methyl sites for hydroxylation is 2. The quantitative estimate of drug-likeness (QED) is 0.427. The highest BCUT2D eigenvalue weighted by Gasteiger charge is 2.25. The second kappa shape index (κ2) is 11.0. The van der Waals surface area contributed by atoms with Gasteiger partial charge in [0.25, 0.3) is 26.0 Å². The Hall–Kier alpha value is -3.71. The molecule has 1 aromatic heterocycles. The molecule has 202 valence electrons. The van der Waals surface area contributed by atoms with Crippen LogP contribution in [-0.4, -0.2) is 57.8 Å². The summed E-state index contributed by atoms with van der Waals surface area (Å²) in [6.45, 7) is 4.67. The molecule has 4 rings (SSSR count). The van der Waals surface area contributed by atoms with E-state index in [2.05, 4.69) is 19.4 Å². The van der Waals surface area contributed by atoms with Crippen LogP contribution in [0.3, 0.4) is 0 Å². The minimum Gasteiger partial charge on any atom is -0.496 e. The summed E-state index contributed by atoms with van der Waals surface area (Å²) in [7, 11) is -6.67. The third-order valence-electron chi connectivity index (χ3n) is 5.98. The van der Waals surface area contributed by atoms with Crippen molar-refractivity contribution < 1.29 is 26.4 Å². The van der Waals surface area contributed by atoms with Crippen LogP contribution in [0.2, 0.25) is 0 Å². The van der Waals surface area contributed by atoms with Gasteiger partial charge in [-0.25, -0.2) is 31.5 Å². The molecule has 0 saturated carbocycles. The third kappa shape index (κ3) is 6.22. The number of anilines is 2. The number of carbonyl (C=O) groups excluding carboxylic acids is 1. The molecule has 1 fully saturated rings. The molecule has 0 spiro atoms. The van der Waals surface area contributed by atoms with Crippen LogP contribution < -0.4 is 14.2 Å². The van der Waals surface area contributed by atoms with Crippen LogP contribution >= 0.6 is 0 Å². The van der Waals surface area contributed by atoms with E-state index < -0.39 is 20.0 Å². The normalized spacial score (nSPS) is 14.1. The maximum Gasteiger partial charge on any atom is 0.264 e. The molecule has 0 radical (unpaired) electrons. The molecular weight excluding hydrogens is 530 g/mol. The van der Waals surface area contributed by atoms with Gasteiger partial charge in [0, 0.05) is 30.2 Å². The lowest BCUT2D eigenvalue weighted by Crippen LogP contribution is -2.35. The van der Waals surface area contributed by atoms with Crippen molar-refractivity contribution in [2.75, 3.05) is 29.6 Å². The molecule has 1 aliphatic rings. The summed E-state index contributed by atoms with van der Waals surface area (Å²) in [6, 6.07) is 11.0. The van der Waals surface area contributed by atoms with E-state index in [4.69, 9.17) is 4.74 Å². The Balaban J connectivity index is 1.53. The van der Waals surface area contributed by atoms with E-state index in [1.165, 1.54) is 49.6 Å². The van der Waals surface area contributed by atoms with Gasteiger partial charge in [-0.1, -0.05) is 0 Å². The minimum atomic E-state index is -4.09. The van der Waals surface area contributed by atoms with Crippen LogP contribution in [-0.2, 0) is 20.0 Å². The number of hydrogen-bond donors (Lipinski definition) is 2. The monoisotopic (exact) mass is 559 g/mol. The van der Waals surface area contributed by atoms with Gasteiger partial charge in [0.15, 0.2) is 0 Å². The molecular formula is C25H29N5O6S2. The second-order valence-corrected chi connectivity index (χ2v) is 12.3. The van der Waals surface area contributed by atoms with Gasteiger partial charge in [-0.2, -0.15) is 0 Å². The van der Waals surface area contributed by atoms with Crippen molar-refractivity contribution in [1.82, 2.24) is 14.9 Å². The van der Waals surface area contributed by atoms with Crippen molar-refractivity contribution in [2.24, 2.45) is 0 Å². The number of sulfonamides is 2. The number of ether oxygens (including phenoxy) is 1. The molecule has 0 aliphatic carbocycles. The molecule has 2 aromatic carbocycles. The minimum absolute atomic E-state index is 0.0540. The van der Waals surface area contributed by atoms with E-state index in [0.717, 1.165) is 19.3 Å². The molecule has 38 heavy (non-hydrogen) atoms. The number of rotatable bonds is 8. The lowest BCUT2D eigenvalue weighted by atomic mass is 10.1. The summed E-state index contributed by atoms with van der Waals surface area (Å²) in [6.07, 6.45) is 2.84. The Bertz CT molecular complexity index is 1530. The molecule has 1 amide bonds. The number of carbonyl (C=O) groups is 1. The smallest absolute Gasteiger partial charge is 0.264 e. The van der Waals surface area contributed by atoms with Crippen LogP contribution in [0.5, 0.6) is 5.75 Å². The first-order chi connectivity index (χ1) is 18.0. The van der Waals surface area contributed by atoms with Crippen LogP contribution in [0.25, 0.3) is 0 Å². The standard InChI is InChI=1S/C25H29N5O6S2/c1-17-15-18(2)27-25(26-17)29-37(32,33)20-9-7-19(8-10-20)28-38(34,35)21-11-12-23(36-3)22(16-21)24(31)30-13-5-4-6-14-30/h7-12,15-16,28H,4-6,13-14H2,1-3H3,(H,26,27,29). The molecule has 2 heterocycles. The lowest BCUT2D eigenvalue weighted by molar-refractivity contribution is 0.0720. The Kier molecular flexibility index (Phi) is 7.88. The highest BCUT2D eigenvalue weighted by molar-refractivity contribution is 7.93. The predicted octanol–water partition coefficient (Wildman–Crippen LogP) is 3.33. The second-order valence-electron chi connectivity index (χ2n) is 8.92. The first-order valence-corrected chi connectivity index (χ1v) is 14.9. The molecule has 11 nitrogen and oxygen atoms in total. The Morgan fingerprint density at radius 3 is 2.00 bits per heavy atom. The predicted molar refractivity (Wildman–Crippen MR) is 142 cm³/mol. The van der Waals surface area contributed by atoms with Crippen molar-refractivity contribution in [2.45, 2.75) is 42.9 Å². The molecule has 0 bridgehead atoms. The summed E-state index contributed by atoms with van der Waals surface area (Å²) < 4.78 is 61.8.